The number of benzene rings is 2. The molecule has 0 spiro atoms. The minimum atomic E-state index is -3.30. The van der Waals surface area contributed by atoms with E-state index in [0.717, 1.165) is 12.2 Å². The highest BCUT2D eigenvalue weighted by molar-refractivity contribution is 14.0. The Balaban J connectivity index is 0.00000450. The molecule has 0 bridgehead atoms. The molecule has 30 heavy (non-hydrogen) atoms. The molecule has 0 saturated heterocycles. The SMILES string of the molecule is CCNC(=NCCC(C)c1ccc(OC)cc1)NCCS(=O)(=O)c1ccccc1.I. The molecule has 6 nitrogen and oxygen atoms in total. The number of hydrogen-bond donors (Lipinski definition) is 2. The molecule has 1 atom stereocenters. The van der Waals surface area contributed by atoms with Crippen LogP contribution in [0.1, 0.15) is 31.7 Å². The third-order valence-corrected chi connectivity index (χ3v) is 6.36. The van der Waals surface area contributed by atoms with Gasteiger partial charge in [0.1, 0.15) is 5.75 Å². The van der Waals surface area contributed by atoms with Crippen molar-refractivity contribution in [3.05, 3.63) is 60.2 Å². The number of sulfone groups is 1. The van der Waals surface area contributed by atoms with Crippen LogP contribution in [0.25, 0.3) is 0 Å². The number of hydrogen-bond acceptors (Lipinski definition) is 4. The van der Waals surface area contributed by atoms with Gasteiger partial charge in [0.15, 0.2) is 15.8 Å². The normalized spacial score (nSPS) is 12.6. The van der Waals surface area contributed by atoms with Gasteiger partial charge in [-0.1, -0.05) is 37.3 Å². The standard InChI is InChI=1S/C22H31N3O3S.HI/c1-4-23-22(25-16-17-29(26,27)21-8-6-5-7-9-21)24-15-14-18(2)19-10-12-20(28-3)13-11-19;/h5-13,18H,4,14-17H2,1-3H3,(H2,23,24,25);1H. The van der Waals surface area contributed by atoms with Gasteiger partial charge in [0.25, 0.3) is 0 Å². The summed E-state index contributed by atoms with van der Waals surface area (Å²) in [5.41, 5.74) is 1.24. The Labute approximate surface area is 197 Å². The zero-order chi connectivity index (χ0) is 21.1. The minimum Gasteiger partial charge on any atom is -0.497 e. The number of nitrogens with one attached hydrogen (secondary N) is 2. The Kier molecular flexibility index (Phi) is 11.8. The van der Waals surface area contributed by atoms with Crippen molar-refractivity contribution in [2.45, 2.75) is 31.1 Å². The maximum absolute atomic E-state index is 12.4. The summed E-state index contributed by atoms with van der Waals surface area (Å²) in [7, 11) is -1.64. The molecular weight excluding hydrogens is 513 g/mol. The first-order valence-corrected chi connectivity index (χ1v) is 11.6. The lowest BCUT2D eigenvalue weighted by atomic mass is 9.98. The fraction of sp³-hybridized carbons (Fsp3) is 0.409. The van der Waals surface area contributed by atoms with Gasteiger partial charge in [-0.05, 0) is 49.1 Å². The Bertz CT molecular complexity index is 872. The summed E-state index contributed by atoms with van der Waals surface area (Å²) in [5.74, 6) is 1.87. The molecule has 0 amide bonds. The molecule has 2 rings (SSSR count). The smallest absolute Gasteiger partial charge is 0.191 e. The number of ether oxygens (including phenoxy) is 1. The van der Waals surface area contributed by atoms with E-state index in [4.69, 9.17) is 4.74 Å². The summed E-state index contributed by atoms with van der Waals surface area (Å²) in [6.07, 6.45) is 0.894. The quantitative estimate of drug-likeness (QED) is 0.270. The molecule has 166 valence electrons. The fourth-order valence-corrected chi connectivity index (χ4v) is 4.04. The van der Waals surface area contributed by atoms with E-state index in [1.165, 1.54) is 5.56 Å². The van der Waals surface area contributed by atoms with Gasteiger partial charge in [0, 0.05) is 19.6 Å². The van der Waals surface area contributed by atoms with Crippen molar-refractivity contribution in [1.82, 2.24) is 10.6 Å². The van der Waals surface area contributed by atoms with Crippen LogP contribution in [0.15, 0.2) is 64.5 Å². The van der Waals surface area contributed by atoms with Gasteiger partial charge in [-0.25, -0.2) is 8.42 Å². The van der Waals surface area contributed by atoms with Crippen LogP contribution in [0.5, 0.6) is 5.75 Å². The first kappa shape index (κ1) is 26.2. The first-order chi connectivity index (χ1) is 14.0. The number of guanidine groups is 1. The Morgan fingerprint density at radius 1 is 1.07 bits per heavy atom. The summed E-state index contributed by atoms with van der Waals surface area (Å²) in [6.45, 7) is 5.82. The van der Waals surface area contributed by atoms with E-state index in [9.17, 15) is 8.42 Å². The van der Waals surface area contributed by atoms with Crippen molar-refractivity contribution < 1.29 is 13.2 Å². The molecule has 0 saturated carbocycles. The van der Waals surface area contributed by atoms with Crippen LogP contribution < -0.4 is 15.4 Å². The summed E-state index contributed by atoms with van der Waals surface area (Å²) in [4.78, 5) is 4.92. The maximum atomic E-state index is 12.4. The molecule has 0 aliphatic heterocycles. The molecule has 0 aliphatic carbocycles. The lowest BCUT2D eigenvalue weighted by molar-refractivity contribution is 0.414. The van der Waals surface area contributed by atoms with Crippen LogP contribution in [0.4, 0.5) is 0 Å². The zero-order valence-electron chi connectivity index (χ0n) is 17.8. The lowest BCUT2D eigenvalue weighted by Gasteiger charge is -2.14. The zero-order valence-corrected chi connectivity index (χ0v) is 20.9. The van der Waals surface area contributed by atoms with Crippen molar-refractivity contribution in [1.29, 1.82) is 0 Å². The third kappa shape index (κ3) is 8.51. The number of halogens is 1. The molecular formula is C22H32IN3O3S. The van der Waals surface area contributed by atoms with E-state index in [1.807, 2.05) is 19.1 Å². The van der Waals surface area contributed by atoms with Gasteiger partial charge >= 0.3 is 0 Å². The lowest BCUT2D eigenvalue weighted by Crippen LogP contribution is -2.39. The maximum Gasteiger partial charge on any atom is 0.191 e. The van der Waals surface area contributed by atoms with Crippen LogP contribution in [0.3, 0.4) is 0 Å². The van der Waals surface area contributed by atoms with Crippen molar-refractivity contribution >= 4 is 39.8 Å². The van der Waals surface area contributed by atoms with E-state index >= 15 is 0 Å². The number of nitrogens with zero attached hydrogens (tertiary/aromatic N) is 1. The molecule has 0 aliphatic rings. The highest BCUT2D eigenvalue weighted by atomic mass is 127. The number of rotatable bonds is 10. The van der Waals surface area contributed by atoms with Crippen molar-refractivity contribution in [2.24, 2.45) is 4.99 Å². The second-order valence-corrected chi connectivity index (χ2v) is 8.89. The molecule has 0 radical (unpaired) electrons. The van der Waals surface area contributed by atoms with E-state index in [0.29, 0.717) is 36.4 Å². The van der Waals surface area contributed by atoms with Crippen molar-refractivity contribution in [3.8, 4) is 5.75 Å². The Morgan fingerprint density at radius 2 is 1.73 bits per heavy atom. The molecule has 2 aromatic carbocycles. The fourth-order valence-electron chi connectivity index (χ4n) is 2.86. The Morgan fingerprint density at radius 3 is 2.33 bits per heavy atom. The molecule has 0 aromatic heterocycles. The monoisotopic (exact) mass is 545 g/mol. The van der Waals surface area contributed by atoms with Gasteiger partial charge in [0.05, 0.1) is 17.8 Å². The number of aliphatic imine (C=N–C) groups is 1. The first-order valence-electron chi connectivity index (χ1n) is 9.90. The van der Waals surface area contributed by atoms with E-state index < -0.39 is 9.84 Å². The summed E-state index contributed by atoms with van der Waals surface area (Å²) >= 11 is 0. The summed E-state index contributed by atoms with van der Waals surface area (Å²) in [5, 5.41) is 6.28. The van der Waals surface area contributed by atoms with Crippen LogP contribution in [0, 0.1) is 0 Å². The van der Waals surface area contributed by atoms with Crippen molar-refractivity contribution in [3.63, 3.8) is 0 Å². The average molecular weight is 545 g/mol. The van der Waals surface area contributed by atoms with Crippen LogP contribution in [-0.2, 0) is 9.84 Å². The molecule has 2 N–H and O–H groups in total. The van der Waals surface area contributed by atoms with Crippen LogP contribution in [0.2, 0.25) is 0 Å². The molecule has 8 heteroatoms. The molecule has 2 aromatic rings. The van der Waals surface area contributed by atoms with E-state index in [-0.39, 0.29) is 29.7 Å². The van der Waals surface area contributed by atoms with Gasteiger partial charge in [-0.15, -0.1) is 24.0 Å². The highest BCUT2D eigenvalue weighted by Gasteiger charge is 2.13. The molecule has 1 unspecified atom stereocenters. The largest absolute Gasteiger partial charge is 0.497 e. The number of methoxy groups -OCH3 is 1. The Hall–Kier alpha value is -1.81. The second kappa shape index (κ2) is 13.5. The predicted molar refractivity (Wildman–Crippen MR) is 134 cm³/mol. The average Bonchev–Trinajstić information content (AvgIpc) is 2.74. The third-order valence-electron chi connectivity index (χ3n) is 4.63. The van der Waals surface area contributed by atoms with Gasteiger partial charge in [-0.2, -0.15) is 0 Å². The van der Waals surface area contributed by atoms with E-state index in [1.54, 1.807) is 37.4 Å². The second-order valence-electron chi connectivity index (χ2n) is 6.78. The summed E-state index contributed by atoms with van der Waals surface area (Å²) in [6, 6.07) is 16.6. The topological polar surface area (TPSA) is 79.8 Å². The van der Waals surface area contributed by atoms with Gasteiger partial charge in [-0.3, -0.25) is 4.99 Å². The van der Waals surface area contributed by atoms with Crippen molar-refractivity contribution in [2.75, 3.05) is 32.5 Å². The molecule has 0 heterocycles. The van der Waals surface area contributed by atoms with Gasteiger partial charge in [0.2, 0.25) is 0 Å². The summed E-state index contributed by atoms with van der Waals surface area (Å²) < 4.78 is 29.9. The van der Waals surface area contributed by atoms with E-state index in [2.05, 4.69) is 34.7 Å². The minimum absolute atomic E-state index is 0. The molecule has 0 fully saturated rings. The van der Waals surface area contributed by atoms with Gasteiger partial charge < -0.3 is 15.4 Å². The highest BCUT2D eigenvalue weighted by Crippen LogP contribution is 2.21. The van der Waals surface area contributed by atoms with Crippen LogP contribution >= 0.6 is 24.0 Å². The van der Waals surface area contributed by atoms with Crippen LogP contribution in [-0.4, -0.2) is 46.9 Å². The predicted octanol–water partition coefficient (Wildman–Crippen LogP) is 3.84.